The van der Waals surface area contributed by atoms with Crippen LogP contribution in [0.5, 0.6) is 0 Å². The van der Waals surface area contributed by atoms with Crippen molar-refractivity contribution in [2.24, 2.45) is 22.2 Å². The molecule has 0 spiro atoms. The van der Waals surface area contributed by atoms with Gasteiger partial charge in [-0.15, -0.1) is 25.7 Å². The van der Waals surface area contributed by atoms with Gasteiger partial charge in [-0.05, 0) is 81.1 Å². The highest BCUT2D eigenvalue weighted by molar-refractivity contribution is 7.74. The molecule has 6 unspecified atom stereocenters. The molecule has 0 aromatic rings. The normalized spacial score (nSPS) is 24.4. The number of ether oxygens (including phenoxy) is 10. The Morgan fingerprint density at radius 3 is 1.39 bits per heavy atom. The van der Waals surface area contributed by atoms with Crippen molar-refractivity contribution in [1.82, 2.24) is 0 Å². The van der Waals surface area contributed by atoms with E-state index in [0.29, 0.717) is 19.5 Å². The van der Waals surface area contributed by atoms with Gasteiger partial charge in [0, 0.05) is 49.6 Å². The van der Waals surface area contributed by atoms with Crippen molar-refractivity contribution < 1.29 is 100 Å². The third-order valence-electron chi connectivity index (χ3n) is 10.1. The third-order valence-corrected chi connectivity index (χ3v) is 12.0. The molecule has 424 valence electrons. The Morgan fingerprint density at radius 1 is 0.716 bits per heavy atom. The van der Waals surface area contributed by atoms with Gasteiger partial charge in [-0.1, -0.05) is 44.5 Å². The largest absolute Gasteiger partial charge is 0.464 e. The summed E-state index contributed by atoms with van der Waals surface area (Å²) in [6, 6.07) is 0. The number of rotatable bonds is 15. The lowest BCUT2D eigenvalue weighted by Crippen LogP contribution is -2.62. The SMILES string of the molecule is C#CC1COC(C)(OC)C(C)(OC)O1.C#C[C@@H](O)CO.C#C[C@@H](O)COC(=O)C(C)(C)C.C#C[C@H](COC(=O)C(C)(C)C)CC(C)(C)C.COC1(C)OCC(C=O)OC1(C)OC.COP(=O)(OC)C(=[N+]=[N-])C(C)=O. The van der Waals surface area contributed by atoms with E-state index in [1.165, 1.54) is 28.4 Å². The Morgan fingerprint density at radius 2 is 1.12 bits per heavy atom. The third kappa shape index (κ3) is 27.4. The van der Waals surface area contributed by atoms with Crippen molar-refractivity contribution in [2.75, 3.05) is 75.7 Å². The Kier molecular flexibility index (Phi) is 36.0. The van der Waals surface area contributed by atoms with Crippen molar-refractivity contribution in [3.8, 4) is 49.4 Å². The van der Waals surface area contributed by atoms with Gasteiger partial charge >= 0.3 is 25.0 Å². The zero-order chi connectivity index (χ0) is 59.2. The van der Waals surface area contributed by atoms with Crippen LogP contribution in [0.2, 0.25) is 0 Å². The molecule has 0 amide bonds. The van der Waals surface area contributed by atoms with E-state index in [0.717, 1.165) is 27.6 Å². The quantitative estimate of drug-likeness (QED) is 0.0385. The van der Waals surface area contributed by atoms with E-state index in [-0.39, 0.29) is 43.1 Å². The zero-order valence-electron chi connectivity index (χ0n) is 47.1. The second-order valence-electron chi connectivity index (χ2n) is 19.5. The smallest absolute Gasteiger partial charge is 0.446 e. The molecule has 2 rings (SSSR count). The lowest BCUT2D eigenvalue weighted by molar-refractivity contribution is -0.424. The van der Waals surface area contributed by atoms with Gasteiger partial charge in [0.25, 0.3) is 0 Å². The maximum absolute atomic E-state index is 11.6. The van der Waals surface area contributed by atoms with Crippen molar-refractivity contribution >= 4 is 37.1 Å². The molecule has 0 aliphatic carbocycles. The molecule has 0 bridgehead atoms. The summed E-state index contributed by atoms with van der Waals surface area (Å²) in [7, 11) is 4.54. The fourth-order valence-corrected chi connectivity index (χ4v) is 6.01. The predicted octanol–water partition coefficient (Wildman–Crippen LogP) is 4.58. The molecule has 0 aromatic heterocycles. The molecule has 74 heavy (non-hydrogen) atoms. The van der Waals surface area contributed by atoms with Crippen LogP contribution in [0.25, 0.3) is 5.53 Å². The molecule has 2 aliphatic heterocycles. The van der Waals surface area contributed by atoms with Gasteiger partial charge in [-0.3, -0.25) is 14.4 Å². The number of nitrogens with zero attached hydrogens (tertiary/aromatic N) is 2. The highest BCUT2D eigenvalue weighted by Gasteiger charge is 2.54. The van der Waals surface area contributed by atoms with Gasteiger partial charge in [0.2, 0.25) is 28.9 Å². The molecule has 3 N–H and O–H groups in total. The van der Waals surface area contributed by atoms with Crippen LogP contribution in [0.4, 0.5) is 0 Å². The van der Waals surface area contributed by atoms with Gasteiger partial charge in [0.05, 0.1) is 36.6 Å². The predicted molar refractivity (Wildman–Crippen MR) is 273 cm³/mol. The first kappa shape index (κ1) is 76.1. The summed E-state index contributed by atoms with van der Waals surface area (Å²) in [6.07, 6.45) is 18.7. The van der Waals surface area contributed by atoms with Crippen LogP contribution in [0.15, 0.2) is 0 Å². The standard InChI is InChI=1S/C14H24O2.C10H16O4.C9H16O5.C9H14O3.C5H9N2O4P.C4H6O2/c1-8-11(9-13(2,3)4)10-16-12(15)14(5,6)7;1-6-8-7-13-9(2,11-4)10(3,12-5)14-8;1-8(11-3)9(2,12-4)14-7(5-10)6-13-8;1-5-7(10)6-12-8(11)9(2,3)4;1-4(8)5(7-6)12(9,10-2)11-3;1-2-4(6)3-5/h1,11H,9-10H2,2-7H3;1,8H,7H2,2-5H3;5,7H,6H2,1-4H3;1,7,10H,6H2,2-4H3;1-3H3;1,4-6H,3H2/t11-;;;7-;;4-/m0..1.1/s1. The number of terminal acetylenes is 4. The first-order chi connectivity index (χ1) is 33.8. The molecule has 0 aromatic carbocycles. The summed E-state index contributed by atoms with van der Waals surface area (Å²) in [5, 5.41) is 25.0. The Hall–Kier alpha value is -4.39. The van der Waals surface area contributed by atoms with E-state index >= 15 is 0 Å². The summed E-state index contributed by atoms with van der Waals surface area (Å²) < 4.78 is 73.0. The van der Waals surface area contributed by atoms with Gasteiger partial charge in [0.1, 0.15) is 37.6 Å². The highest BCUT2D eigenvalue weighted by Crippen LogP contribution is 2.47. The Balaban J connectivity index is -0.000000404. The van der Waals surface area contributed by atoms with E-state index in [2.05, 4.69) is 58.8 Å². The second kappa shape index (κ2) is 35.0. The molecule has 2 fully saturated rings. The maximum atomic E-state index is 11.6. The molecular weight excluding hydrogens is 992 g/mol. The summed E-state index contributed by atoms with van der Waals surface area (Å²) >= 11 is 0. The first-order valence-corrected chi connectivity index (χ1v) is 24.2. The summed E-state index contributed by atoms with van der Waals surface area (Å²) in [5.41, 5.74) is 6.88. The van der Waals surface area contributed by atoms with Crippen molar-refractivity contribution in [1.29, 1.82) is 0 Å². The number of carbonyl (C=O) groups is 4. The lowest BCUT2D eigenvalue weighted by atomic mass is 9.85. The molecule has 2 aliphatic rings. The molecule has 9 atom stereocenters. The Labute approximate surface area is 439 Å². The van der Waals surface area contributed by atoms with Crippen molar-refractivity contribution in [3.63, 3.8) is 0 Å². The minimum Gasteiger partial charge on any atom is -0.464 e. The van der Waals surface area contributed by atoms with E-state index < -0.39 is 77.2 Å². The number of ketones is 1. The number of aliphatic hydroxyl groups is 3. The van der Waals surface area contributed by atoms with Gasteiger partial charge in [-0.2, -0.15) is 4.79 Å². The van der Waals surface area contributed by atoms with E-state index in [4.69, 9.17) is 87.5 Å². The van der Waals surface area contributed by atoms with Crippen LogP contribution in [0, 0.1) is 71.5 Å². The number of methoxy groups -OCH3 is 4. The lowest BCUT2D eigenvalue weighted by Gasteiger charge is -2.47. The minimum absolute atomic E-state index is 0.00583. The maximum Gasteiger partial charge on any atom is 0.446 e. The number of aliphatic hydroxyl groups excluding tert-OH is 3. The average Bonchev–Trinajstić information content (AvgIpc) is 3.35. The average molecular weight is 1080 g/mol. The topological polar surface area (TPSA) is 293 Å². The van der Waals surface area contributed by atoms with E-state index in [9.17, 15) is 23.7 Å². The summed E-state index contributed by atoms with van der Waals surface area (Å²) in [4.78, 5) is 46.5. The Bertz CT molecular complexity index is 1990. The van der Waals surface area contributed by atoms with E-state index in [1.54, 1.807) is 48.5 Å². The van der Waals surface area contributed by atoms with E-state index in [1.807, 2.05) is 26.7 Å². The molecule has 0 saturated carbocycles. The van der Waals surface area contributed by atoms with Gasteiger partial charge in [0.15, 0.2) is 6.29 Å². The fourth-order valence-electron chi connectivity index (χ4n) is 5.02. The van der Waals surface area contributed by atoms with Crippen LogP contribution in [0.3, 0.4) is 0 Å². The van der Waals surface area contributed by atoms with Crippen LogP contribution in [-0.4, -0.2) is 173 Å². The highest BCUT2D eigenvalue weighted by atomic mass is 31.2. The molecule has 2 heterocycles. The minimum atomic E-state index is -3.70. The molecule has 0 radical (unpaired) electrons. The van der Waals surface area contributed by atoms with Gasteiger partial charge < -0.3 is 82.1 Å². The van der Waals surface area contributed by atoms with Crippen LogP contribution >= 0.6 is 7.60 Å². The van der Waals surface area contributed by atoms with Crippen molar-refractivity contribution in [3.05, 3.63) is 5.53 Å². The molecule has 2 saturated heterocycles. The number of aldehydes is 1. The van der Waals surface area contributed by atoms with Crippen LogP contribution in [0.1, 0.15) is 103 Å². The zero-order valence-corrected chi connectivity index (χ0v) is 48.0. The first-order valence-electron chi connectivity index (χ1n) is 22.7. The van der Waals surface area contributed by atoms with Gasteiger partial charge in [-0.25, -0.2) is 4.57 Å². The number of Topliss-reactive ketones (excluding diaryl/α,β-unsaturated/α-hetero) is 1. The molecule has 23 heteroatoms. The van der Waals surface area contributed by atoms with Crippen molar-refractivity contribution in [2.45, 2.75) is 151 Å². The monoisotopic (exact) mass is 1080 g/mol. The van der Waals surface area contributed by atoms with Crippen LogP contribution < -0.4 is 0 Å². The fraction of sp³-hybridized carbons (Fsp3) is 0.745. The number of hydrogen-bond donors (Lipinski definition) is 3. The number of carbonyl (C=O) groups excluding carboxylic acids is 4. The van der Waals surface area contributed by atoms with Crippen LogP contribution in [-0.2, 0) is 80.2 Å². The molecule has 22 nitrogen and oxygen atoms in total. The summed E-state index contributed by atoms with van der Waals surface area (Å²) in [6.45, 7) is 25.4. The number of hydrogen-bond acceptors (Lipinski definition) is 20. The number of esters is 2. The molecular formula is C51H85N2O20P. The summed E-state index contributed by atoms with van der Waals surface area (Å²) in [5.74, 6) is 3.92. The second-order valence-corrected chi connectivity index (χ2v) is 21.7.